The quantitative estimate of drug-likeness (QED) is 0.570. The van der Waals surface area contributed by atoms with Crippen LogP contribution in [0.4, 0.5) is 0 Å². The molecule has 7 nitrogen and oxygen atoms in total. The summed E-state index contributed by atoms with van der Waals surface area (Å²) < 4.78 is 5.47. The summed E-state index contributed by atoms with van der Waals surface area (Å²) in [5, 5.41) is 14.3. The van der Waals surface area contributed by atoms with E-state index in [1.54, 1.807) is 0 Å². The maximum atomic E-state index is 12.8. The number of benzene rings is 1. The minimum Gasteiger partial charge on any atom is -0.483 e. The maximum absolute atomic E-state index is 12.8. The van der Waals surface area contributed by atoms with E-state index in [-0.39, 0.29) is 23.9 Å². The Balaban J connectivity index is 0.000000755. The highest BCUT2D eigenvalue weighted by molar-refractivity contribution is 5.79. The predicted octanol–water partition coefficient (Wildman–Crippen LogP) is 3.47. The van der Waals surface area contributed by atoms with Crippen LogP contribution in [0.5, 0.6) is 0 Å². The van der Waals surface area contributed by atoms with Gasteiger partial charge in [-0.2, -0.15) is 5.10 Å². The van der Waals surface area contributed by atoms with E-state index in [1.807, 2.05) is 31.3 Å². The summed E-state index contributed by atoms with van der Waals surface area (Å²) in [6.07, 6.45) is 5.95. The molecule has 0 spiro atoms. The second kappa shape index (κ2) is 9.22. The number of aromatic nitrogens is 2. The smallest absolute Gasteiger partial charge is 0.313 e. The van der Waals surface area contributed by atoms with E-state index in [0.717, 1.165) is 37.1 Å². The molecule has 1 aromatic carbocycles. The molecule has 0 aliphatic carbocycles. The third-order valence-electron chi connectivity index (χ3n) is 6.33. The summed E-state index contributed by atoms with van der Waals surface area (Å²) in [7, 11) is 0. The monoisotopic (exact) mass is 399 g/mol. The first-order valence-electron chi connectivity index (χ1n) is 10.2. The molecule has 0 amide bonds. The number of carboxylic acid groups (broad SMARTS) is 1. The van der Waals surface area contributed by atoms with Gasteiger partial charge in [0.2, 0.25) is 0 Å². The SMILES string of the molecule is CCOC(=O)[C@]1(CC)C[C@@H]2CC[C@H]1N2Cc1cn[nH]c1-c1ccccc1.O=CO. The average Bonchev–Trinajstić information content (AvgIpc) is 3.44. The fourth-order valence-electron chi connectivity index (χ4n) is 5.05. The van der Waals surface area contributed by atoms with E-state index in [4.69, 9.17) is 14.6 Å². The minimum atomic E-state index is -0.338. The molecule has 0 radical (unpaired) electrons. The lowest BCUT2D eigenvalue weighted by Gasteiger charge is -2.34. The summed E-state index contributed by atoms with van der Waals surface area (Å²) in [5.41, 5.74) is 3.09. The van der Waals surface area contributed by atoms with Crippen molar-refractivity contribution in [1.29, 1.82) is 0 Å². The molecule has 2 aliphatic heterocycles. The molecular formula is C22H29N3O4. The van der Waals surface area contributed by atoms with Gasteiger partial charge in [0.05, 0.1) is 23.9 Å². The molecule has 2 N–H and O–H groups in total. The first kappa shape index (κ1) is 21.0. The van der Waals surface area contributed by atoms with E-state index in [1.165, 1.54) is 12.0 Å². The highest BCUT2D eigenvalue weighted by Gasteiger charge is 2.59. The van der Waals surface area contributed by atoms with Crippen molar-refractivity contribution >= 4 is 12.4 Å². The second-order valence-corrected chi connectivity index (χ2v) is 7.60. The van der Waals surface area contributed by atoms with Crippen LogP contribution < -0.4 is 0 Å². The number of rotatable bonds is 6. The molecule has 0 saturated carbocycles. The van der Waals surface area contributed by atoms with E-state index in [0.29, 0.717) is 12.6 Å². The molecule has 3 heterocycles. The fourth-order valence-corrected chi connectivity index (χ4v) is 5.05. The number of nitrogens with one attached hydrogen (secondary N) is 1. The minimum absolute atomic E-state index is 0.00447. The number of fused-ring (bicyclic) bond motifs is 2. The second-order valence-electron chi connectivity index (χ2n) is 7.60. The Bertz CT molecular complexity index is 822. The zero-order chi connectivity index (χ0) is 20.9. The topological polar surface area (TPSA) is 95.5 Å². The fraction of sp³-hybridized carbons (Fsp3) is 0.500. The van der Waals surface area contributed by atoms with Crippen molar-refractivity contribution in [2.75, 3.05) is 6.61 Å². The van der Waals surface area contributed by atoms with Gasteiger partial charge in [-0.25, -0.2) is 0 Å². The number of ether oxygens (including phenoxy) is 1. The van der Waals surface area contributed by atoms with Gasteiger partial charge in [-0.1, -0.05) is 37.3 Å². The van der Waals surface area contributed by atoms with Gasteiger partial charge in [-0.3, -0.25) is 19.6 Å². The number of hydrogen-bond acceptors (Lipinski definition) is 5. The van der Waals surface area contributed by atoms with Crippen molar-refractivity contribution in [3.8, 4) is 11.3 Å². The Morgan fingerprint density at radius 2 is 2.07 bits per heavy atom. The third-order valence-corrected chi connectivity index (χ3v) is 6.33. The molecule has 2 aromatic rings. The number of nitrogens with zero attached hydrogens (tertiary/aromatic N) is 2. The molecule has 2 aliphatic rings. The lowest BCUT2D eigenvalue weighted by Crippen LogP contribution is -2.44. The first-order chi connectivity index (χ1) is 14.1. The van der Waals surface area contributed by atoms with Crippen molar-refractivity contribution in [1.82, 2.24) is 15.1 Å². The van der Waals surface area contributed by atoms with Gasteiger partial charge < -0.3 is 9.84 Å². The third kappa shape index (κ3) is 3.92. The molecule has 0 unspecified atom stereocenters. The van der Waals surface area contributed by atoms with Crippen LogP contribution in [0, 0.1) is 5.41 Å². The van der Waals surface area contributed by atoms with Crippen molar-refractivity contribution in [3.63, 3.8) is 0 Å². The highest BCUT2D eigenvalue weighted by atomic mass is 16.5. The Kier molecular flexibility index (Phi) is 6.69. The van der Waals surface area contributed by atoms with Gasteiger partial charge >= 0.3 is 5.97 Å². The van der Waals surface area contributed by atoms with Crippen LogP contribution in [0.1, 0.15) is 45.1 Å². The van der Waals surface area contributed by atoms with Crippen LogP contribution in [-0.2, 0) is 20.9 Å². The van der Waals surface area contributed by atoms with E-state index in [9.17, 15) is 4.79 Å². The largest absolute Gasteiger partial charge is 0.483 e. The van der Waals surface area contributed by atoms with E-state index >= 15 is 0 Å². The summed E-state index contributed by atoms with van der Waals surface area (Å²) in [5.74, 6) is -0.00447. The summed E-state index contributed by atoms with van der Waals surface area (Å²) in [4.78, 5) is 23.6. The molecule has 2 fully saturated rings. The molecule has 1 aromatic heterocycles. The first-order valence-corrected chi connectivity index (χ1v) is 10.2. The number of hydrogen-bond donors (Lipinski definition) is 2. The molecule has 2 bridgehead atoms. The molecule has 4 rings (SSSR count). The molecule has 156 valence electrons. The van der Waals surface area contributed by atoms with Gasteiger partial charge in [0, 0.05) is 24.2 Å². The summed E-state index contributed by atoms with van der Waals surface area (Å²) in [6.45, 7) is 5.06. The average molecular weight is 399 g/mol. The van der Waals surface area contributed by atoms with Crippen molar-refractivity contribution in [3.05, 3.63) is 42.1 Å². The molecule has 29 heavy (non-hydrogen) atoms. The lowest BCUT2D eigenvalue weighted by molar-refractivity contribution is -0.157. The van der Waals surface area contributed by atoms with E-state index < -0.39 is 0 Å². The van der Waals surface area contributed by atoms with Gasteiger partial charge in [0.15, 0.2) is 0 Å². The molecule has 3 atom stereocenters. The Labute approximate surface area is 171 Å². The molecule has 7 heteroatoms. The highest BCUT2D eigenvalue weighted by Crippen LogP contribution is 2.53. The molecular weight excluding hydrogens is 370 g/mol. The van der Waals surface area contributed by atoms with Crippen LogP contribution in [-0.4, -0.2) is 51.3 Å². The summed E-state index contributed by atoms with van der Waals surface area (Å²) in [6, 6.07) is 11.0. The van der Waals surface area contributed by atoms with Crippen LogP contribution >= 0.6 is 0 Å². The Hall–Kier alpha value is -2.67. The van der Waals surface area contributed by atoms with Gasteiger partial charge in [-0.15, -0.1) is 0 Å². The Morgan fingerprint density at radius 1 is 1.34 bits per heavy atom. The normalized spacial score (nSPS) is 25.3. The van der Waals surface area contributed by atoms with Crippen LogP contribution in [0.25, 0.3) is 11.3 Å². The zero-order valence-corrected chi connectivity index (χ0v) is 17.0. The molecule has 2 saturated heterocycles. The van der Waals surface area contributed by atoms with Gasteiger partial charge in [0.1, 0.15) is 0 Å². The van der Waals surface area contributed by atoms with Crippen LogP contribution in [0.2, 0.25) is 0 Å². The number of H-pyrrole nitrogens is 1. The number of carbonyl (C=O) groups excluding carboxylic acids is 1. The standard InChI is InChI=1S/C21H27N3O2.CH2O2/c1-3-21(20(25)26-4-2)12-17-10-11-18(21)24(17)14-16-13-22-23-19(16)15-8-6-5-7-9-15;2-1-3/h5-9,13,17-18H,3-4,10-12,14H2,1-2H3,(H,22,23);1H,(H,2,3)/t17-,18+,21+;/m0./s1. The van der Waals surface area contributed by atoms with E-state index in [2.05, 4.69) is 34.2 Å². The lowest BCUT2D eigenvalue weighted by atomic mass is 9.72. The van der Waals surface area contributed by atoms with Crippen LogP contribution in [0.3, 0.4) is 0 Å². The van der Waals surface area contributed by atoms with Crippen LogP contribution in [0.15, 0.2) is 36.5 Å². The van der Waals surface area contributed by atoms with Gasteiger partial charge in [0.25, 0.3) is 6.47 Å². The number of aromatic amines is 1. The van der Waals surface area contributed by atoms with Gasteiger partial charge in [-0.05, 0) is 38.2 Å². The van der Waals surface area contributed by atoms with Crippen molar-refractivity contribution in [2.24, 2.45) is 5.41 Å². The predicted molar refractivity (Wildman–Crippen MR) is 109 cm³/mol. The Morgan fingerprint density at radius 3 is 2.72 bits per heavy atom. The van der Waals surface area contributed by atoms with Crippen molar-refractivity contribution in [2.45, 2.75) is 58.2 Å². The zero-order valence-electron chi connectivity index (χ0n) is 17.0. The number of carbonyl (C=O) groups is 2. The van der Waals surface area contributed by atoms with Crippen molar-refractivity contribution < 1.29 is 19.4 Å². The maximum Gasteiger partial charge on any atom is 0.313 e. The summed E-state index contributed by atoms with van der Waals surface area (Å²) >= 11 is 0. The number of esters is 1.